The van der Waals surface area contributed by atoms with Crippen molar-refractivity contribution >= 4 is 53.2 Å². The van der Waals surface area contributed by atoms with Crippen LogP contribution in [-0.2, 0) is 63.8 Å². The summed E-state index contributed by atoms with van der Waals surface area (Å²) in [5.74, 6) is -5.09. The first-order chi connectivity index (χ1) is 36.2. The van der Waals surface area contributed by atoms with Crippen molar-refractivity contribution < 1.29 is 71.6 Å². The van der Waals surface area contributed by atoms with E-state index in [1.54, 1.807) is 51.1 Å². The molecule has 2 bridgehead atoms. The molecule has 1 fully saturated rings. The number of cyclic esters (lactones) is 2. The topological polar surface area (TPSA) is 246 Å². The van der Waals surface area contributed by atoms with Gasteiger partial charge in [-0.2, -0.15) is 0 Å². The summed E-state index contributed by atoms with van der Waals surface area (Å²) in [5.41, 5.74) is -0.853. The van der Waals surface area contributed by atoms with Crippen molar-refractivity contribution in [2.24, 2.45) is 11.3 Å². The molecular formula is C56H80N6O15. The molecule has 2 aliphatic heterocycles. The van der Waals surface area contributed by atoms with Crippen LogP contribution in [0.1, 0.15) is 104 Å². The van der Waals surface area contributed by atoms with Gasteiger partial charge in [0.15, 0.2) is 18.1 Å². The van der Waals surface area contributed by atoms with Crippen LogP contribution in [0, 0.1) is 11.3 Å². The molecular weight excluding hydrogens is 997 g/mol. The van der Waals surface area contributed by atoms with Gasteiger partial charge in [0.2, 0.25) is 29.4 Å². The maximum Gasteiger partial charge on any atom is 0.330 e. The Balaban J connectivity index is 1.67. The fourth-order valence-corrected chi connectivity index (χ4v) is 8.43. The number of ketones is 1. The van der Waals surface area contributed by atoms with Crippen LogP contribution in [0.2, 0.25) is 0 Å². The number of carbonyl (C=O) groups is 9. The minimum Gasteiger partial charge on any atom is -0.493 e. The Morgan fingerprint density at radius 3 is 2.23 bits per heavy atom. The summed E-state index contributed by atoms with van der Waals surface area (Å²) in [4.78, 5) is 128. The predicted octanol–water partition coefficient (Wildman–Crippen LogP) is 3.99. The molecule has 2 N–H and O–H groups in total. The average Bonchev–Trinajstić information content (AvgIpc) is 3.39. The van der Waals surface area contributed by atoms with Crippen molar-refractivity contribution in [3.63, 3.8) is 0 Å². The first-order valence-electron chi connectivity index (χ1n) is 26.0. The number of piperidine rings is 1. The number of hydrogen-bond donors (Lipinski definition) is 2. The summed E-state index contributed by atoms with van der Waals surface area (Å²) in [6.45, 7) is 10.2. The highest BCUT2D eigenvalue weighted by molar-refractivity contribution is 6.38. The molecule has 4 rings (SSSR count). The van der Waals surface area contributed by atoms with Crippen molar-refractivity contribution in [3.8, 4) is 17.2 Å². The molecule has 1 saturated heterocycles. The van der Waals surface area contributed by atoms with Crippen molar-refractivity contribution in [2.45, 2.75) is 123 Å². The first-order valence-corrected chi connectivity index (χ1v) is 26.0. The van der Waals surface area contributed by atoms with Crippen LogP contribution in [-0.4, -0.2) is 178 Å². The molecule has 4 atom stereocenters. The second-order valence-corrected chi connectivity index (χ2v) is 21.5. The first kappa shape index (κ1) is 62.5. The van der Waals surface area contributed by atoms with Crippen LogP contribution in [0.3, 0.4) is 0 Å². The highest BCUT2D eigenvalue weighted by Crippen LogP contribution is 2.33. The third-order valence-corrected chi connectivity index (χ3v) is 13.1. The number of fused-ring (bicyclic) bond motifs is 3. The number of methoxy groups -OCH3 is 2. The van der Waals surface area contributed by atoms with Crippen molar-refractivity contribution in [3.05, 3.63) is 65.7 Å². The number of nitrogens with zero attached hydrogens (tertiary/aromatic N) is 4. The maximum absolute atomic E-state index is 14.3. The van der Waals surface area contributed by atoms with E-state index in [4.69, 9.17) is 28.4 Å². The van der Waals surface area contributed by atoms with Gasteiger partial charge in [0.1, 0.15) is 36.6 Å². The van der Waals surface area contributed by atoms with Gasteiger partial charge in [0.05, 0.1) is 44.9 Å². The summed E-state index contributed by atoms with van der Waals surface area (Å²) < 4.78 is 34.5. The van der Waals surface area contributed by atoms with E-state index in [1.165, 1.54) is 70.0 Å². The monoisotopic (exact) mass is 1080 g/mol. The SMILES string of the molecule is COc1ccc(CC[C@H]2OC(=O)[C@@H]3CCCCN3C(=O)C(=O)C(C)(C)COC(=O)C=CCCN(C)C(=O)CNC(=O)[C@H](COC(C)(C)C)N(C)C(=O)[C@@H](CC(C)C)NC(=O)CN(C)C(=O)COc3cccc2c3)cc1OC. The lowest BCUT2D eigenvalue weighted by Crippen LogP contribution is -2.57. The van der Waals surface area contributed by atoms with Gasteiger partial charge in [-0.1, -0.05) is 38.1 Å². The highest BCUT2D eigenvalue weighted by atomic mass is 16.5. The molecule has 2 aromatic carbocycles. The van der Waals surface area contributed by atoms with Gasteiger partial charge in [-0.15, -0.1) is 0 Å². The van der Waals surface area contributed by atoms with Gasteiger partial charge < -0.3 is 58.7 Å². The minimum absolute atomic E-state index is 0.0863. The summed E-state index contributed by atoms with van der Waals surface area (Å²) in [6.07, 6.45) is 4.09. The average molecular weight is 1080 g/mol. The number of benzene rings is 2. The molecule has 0 radical (unpaired) electrons. The van der Waals surface area contributed by atoms with Crippen molar-refractivity contribution in [1.82, 2.24) is 30.2 Å². The Hall–Kier alpha value is -7.03. The quantitative estimate of drug-likeness (QED) is 0.266. The predicted molar refractivity (Wildman–Crippen MR) is 283 cm³/mol. The summed E-state index contributed by atoms with van der Waals surface area (Å²) in [7, 11) is 7.38. The molecule has 0 aromatic heterocycles. The number of Topliss-reactive ketones (excluding diaryl/α,β-unsaturated/α-hetero) is 1. The fraction of sp³-hybridized carbons (Fsp3) is 0.589. The fourth-order valence-electron chi connectivity index (χ4n) is 8.43. The zero-order valence-electron chi connectivity index (χ0n) is 46.9. The van der Waals surface area contributed by atoms with Crippen LogP contribution in [0.5, 0.6) is 17.2 Å². The molecule has 2 aromatic rings. The summed E-state index contributed by atoms with van der Waals surface area (Å²) >= 11 is 0. The number of esters is 2. The van der Waals surface area contributed by atoms with Gasteiger partial charge >= 0.3 is 11.9 Å². The Kier molecular flexibility index (Phi) is 23.5. The molecule has 2 aliphatic rings. The number of aryl methyl sites for hydroxylation is 1. The molecule has 424 valence electrons. The zero-order valence-corrected chi connectivity index (χ0v) is 46.9. The van der Waals surface area contributed by atoms with Gasteiger partial charge in [0, 0.05) is 40.3 Å². The maximum atomic E-state index is 14.3. The number of nitrogens with one attached hydrogen (secondary N) is 2. The number of amides is 6. The van der Waals surface area contributed by atoms with Crippen molar-refractivity contribution in [1.29, 1.82) is 0 Å². The third kappa shape index (κ3) is 19.2. The van der Waals surface area contributed by atoms with Crippen LogP contribution in [0.25, 0.3) is 0 Å². The largest absolute Gasteiger partial charge is 0.493 e. The number of carbonyl (C=O) groups excluding carboxylic acids is 9. The lowest BCUT2D eigenvalue weighted by Gasteiger charge is -2.36. The van der Waals surface area contributed by atoms with E-state index in [-0.39, 0.29) is 57.0 Å². The zero-order chi connectivity index (χ0) is 57.2. The van der Waals surface area contributed by atoms with Gasteiger partial charge in [-0.25, -0.2) is 9.59 Å². The Morgan fingerprint density at radius 1 is 0.844 bits per heavy atom. The molecule has 0 aliphatic carbocycles. The van der Waals surface area contributed by atoms with Gasteiger partial charge in [-0.05, 0) is 121 Å². The Morgan fingerprint density at radius 2 is 1.56 bits per heavy atom. The normalized spacial score (nSPS) is 22.1. The highest BCUT2D eigenvalue weighted by Gasteiger charge is 2.43. The van der Waals surface area contributed by atoms with Gasteiger partial charge in [0.25, 0.3) is 11.8 Å². The molecule has 6 amide bonds. The smallest absolute Gasteiger partial charge is 0.330 e. The molecule has 21 heteroatoms. The van der Waals surface area contributed by atoms with E-state index in [0.29, 0.717) is 36.3 Å². The number of ether oxygens (including phenoxy) is 6. The molecule has 0 unspecified atom stereocenters. The van der Waals surface area contributed by atoms with Crippen LogP contribution < -0.4 is 24.8 Å². The van der Waals surface area contributed by atoms with Crippen molar-refractivity contribution in [2.75, 3.05) is 81.4 Å². The minimum atomic E-state index is -1.48. The second-order valence-electron chi connectivity index (χ2n) is 21.5. The molecule has 21 nitrogen and oxygen atoms in total. The molecule has 0 spiro atoms. The summed E-state index contributed by atoms with van der Waals surface area (Å²) in [5, 5.41) is 5.35. The van der Waals surface area contributed by atoms with E-state index in [1.807, 2.05) is 26.0 Å². The number of hydrogen-bond acceptors (Lipinski definition) is 15. The van der Waals surface area contributed by atoms with E-state index in [2.05, 4.69) is 10.6 Å². The molecule has 0 saturated carbocycles. The van der Waals surface area contributed by atoms with E-state index in [9.17, 15) is 43.2 Å². The van der Waals surface area contributed by atoms with Crippen LogP contribution in [0.15, 0.2) is 54.6 Å². The number of likely N-dealkylation sites (N-methyl/N-ethyl adjacent to an activating group) is 3. The molecule has 2 heterocycles. The Bertz CT molecular complexity index is 2450. The van der Waals surface area contributed by atoms with Crippen LogP contribution in [0.4, 0.5) is 0 Å². The standard InChI is InChI=1S/C56H80N6O15/c1-36(2)28-40-52(69)61(10)42(33-76-55(3,4)5)51(68)57-31-47(64)59(8)26-15-14-21-49(66)75-35-56(6,7)50(67)53(70)62-27-16-13-20-41(62)54(71)77-43(24-22-37-23-25-44(72-11)45(29-37)73-12)38-18-17-19-39(30-38)74-34-48(65)60(9)32-46(63)58-40/h14,17-19,21,23,25,29-30,36,40-43H,13,15-16,20,22,24,26-28,31-35H2,1-12H3,(H,57,68)(H,58,63)/t40-,41+,42+,43-/m1/s1. The van der Waals surface area contributed by atoms with E-state index >= 15 is 0 Å². The Labute approximate surface area is 452 Å². The molecule has 77 heavy (non-hydrogen) atoms. The van der Waals surface area contributed by atoms with Gasteiger partial charge in [-0.3, -0.25) is 33.6 Å². The van der Waals surface area contributed by atoms with Crippen LogP contribution >= 0.6 is 0 Å². The lowest BCUT2D eigenvalue weighted by molar-refractivity contribution is -0.165. The second kappa shape index (κ2) is 28.9. The summed E-state index contributed by atoms with van der Waals surface area (Å²) in [6, 6.07) is 8.64. The van der Waals surface area contributed by atoms with E-state index in [0.717, 1.165) is 16.5 Å². The van der Waals surface area contributed by atoms with E-state index < -0.39 is 115 Å². The number of rotatable bonds is 9. The lowest BCUT2D eigenvalue weighted by atomic mass is 9.87. The third-order valence-electron chi connectivity index (χ3n) is 13.1.